The molecule has 0 spiro atoms. The number of halogens is 1. The van der Waals surface area contributed by atoms with Gasteiger partial charge < -0.3 is 0 Å². The van der Waals surface area contributed by atoms with Gasteiger partial charge >= 0.3 is 0 Å². The van der Waals surface area contributed by atoms with Crippen molar-refractivity contribution >= 4 is 18.2 Å². The van der Waals surface area contributed by atoms with E-state index < -0.39 is 0 Å². The molecule has 0 aliphatic heterocycles. The zero-order valence-electron chi connectivity index (χ0n) is 12.3. The molecule has 0 aliphatic carbocycles. The van der Waals surface area contributed by atoms with E-state index in [1.807, 2.05) is 43.3 Å². The van der Waals surface area contributed by atoms with Gasteiger partial charge in [-0.3, -0.25) is 4.79 Å². The summed E-state index contributed by atoms with van der Waals surface area (Å²) in [5.41, 5.74) is 5.20. The summed E-state index contributed by atoms with van der Waals surface area (Å²) in [5, 5.41) is 3.91. The van der Waals surface area contributed by atoms with Crippen molar-refractivity contribution in [2.45, 2.75) is 13.3 Å². The van der Waals surface area contributed by atoms with Crippen LogP contribution >= 0.6 is 0 Å². The predicted molar refractivity (Wildman–Crippen MR) is 86.8 cm³/mol. The molecule has 1 amide bonds. The fraction of sp³-hybridized carbons (Fsp3) is 0.111. The van der Waals surface area contributed by atoms with Gasteiger partial charge in [0.15, 0.2) is 0 Å². The molecule has 0 atom stereocenters. The highest BCUT2D eigenvalue weighted by atomic mass is 19.1. The zero-order chi connectivity index (χ0) is 15.8. The molecule has 2 aromatic carbocycles. The van der Waals surface area contributed by atoms with Crippen molar-refractivity contribution in [3.8, 4) is 0 Å². The lowest BCUT2D eigenvalue weighted by Gasteiger charge is -2.00. The Labute approximate surface area is 129 Å². The Morgan fingerprint density at radius 1 is 1.14 bits per heavy atom. The molecule has 0 heterocycles. The van der Waals surface area contributed by atoms with Gasteiger partial charge in [0.1, 0.15) is 5.82 Å². The van der Waals surface area contributed by atoms with Crippen LogP contribution in [0.25, 0.3) is 6.08 Å². The quantitative estimate of drug-likeness (QED) is 0.665. The van der Waals surface area contributed by atoms with Crippen LogP contribution in [0.2, 0.25) is 0 Å². The number of nitrogens with zero attached hydrogens (tertiary/aromatic N) is 1. The number of hydrogen-bond donors (Lipinski definition) is 1. The largest absolute Gasteiger partial charge is 0.273 e. The Balaban J connectivity index is 1.85. The Morgan fingerprint density at radius 3 is 2.50 bits per heavy atom. The summed E-state index contributed by atoms with van der Waals surface area (Å²) < 4.78 is 12.8. The normalized spacial score (nSPS) is 11.6. The molecule has 0 saturated carbocycles. The van der Waals surface area contributed by atoms with E-state index >= 15 is 0 Å². The van der Waals surface area contributed by atoms with Gasteiger partial charge in [0.05, 0.1) is 12.6 Å². The molecule has 4 heteroatoms. The molecule has 22 heavy (non-hydrogen) atoms. The molecule has 0 aliphatic rings. The number of amides is 1. The number of hydrogen-bond acceptors (Lipinski definition) is 2. The first-order chi connectivity index (χ1) is 10.6. The summed E-state index contributed by atoms with van der Waals surface area (Å²) in [7, 11) is 0. The van der Waals surface area contributed by atoms with Gasteiger partial charge in [0.2, 0.25) is 5.91 Å². The van der Waals surface area contributed by atoms with Crippen molar-refractivity contribution in [1.82, 2.24) is 5.43 Å². The molecule has 0 bridgehead atoms. The van der Waals surface area contributed by atoms with E-state index in [1.54, 1.807) is 18.3 Å². The average molecular weight is 296 g/mol. The number of nitrogens with one attached hydrogen (secondary N) is 1. The van der Waals surface area contributed by atoms with Crippen molar-refractivity contribution in [3.05, 3.63) is 77.1 Å². The van der Waals surface area contributed by atoms with Crippen molar-refractivity contribution in [2.75, 3.05) is 0 Å². The summed E-state index contributed by atoms with van der Waals surface area (Å²) >= 11 is 0. The number of hydrazone groups is 1. The molecule has 3 nitrogen and oxygen atoms in total. The Hall–Kier alpha value is -2.75. The maximum absolute atomic E-state index is 12.8. The highest BCUT2D eigenvalue weighted by molar-refractivity contribution is 5.86. The third-order valence-corrected chi connectivity index (χ3v) is 2.93. The lowest BCUT2D eigenvalue weighted by molar-refractivity contribution is -0.120. The van der Waals surface area contributed by atoms with Crippen molar-refractivity contribution in [3.63, 3.8) is 0 Å². The molecule has 112 valence electrons. The third kappa shape index (κ3) is 5.32. The van der Waals surface area contributed by atoms with Crippen LogP contribution < -0.4 is 5.43 Å². The molecule has 2 aromatic rings. The van der Waals surface area contributed by atoms with Gasteiger partial charge in [-0.25, -0.2) is 9.82 Å². The van der Waals surface area contributed by atoms with Gasteiger partial charge in [-0.2, -0.15) is 5.10 Å². The van der Waals surface area contributed by atoms with Gasteiger partial charge in [-0.1, -0.05) is 48.5 Å². The first-order valence-corrected chi connectivity index (χ1v) is 6.93. The van der Waals surface area contributed by atoms with Gasteiger partial charge in [-0.05, 0) is 35.8 Å². The topological polar surface area (TPSA) is 41.5 Å². The SMILES string of the molecule is CC(/C=N/NC(=O)Cc1ccc(F)cc1)=C\c1ccccc1. The van der Waals surface area contributed by atoms with Crippen molar-refractivity contribution in [2.24, 2.45) is 5.10 Å². The summed E-state index contributed by atoms with van der Waals surface area (Å²) in [6.07, 6.45) is 3.73. The molecule has 2 rings (SSSR count). The zero-order valence-corrected chi connectivity index (χ0v) is 12.3. The van der Waals surface area contributed by atoms with Crippen LogP contribution in [0.15, 0.2) is 65.3 Å². The molecule has 0 unspecified atom stereocenters. The van der Waals surface area contributed by atoms with Gasteiger partial charge in [-0.15, -0.1) is 0 Å². The summed E-state index contributed by atoms with van der Waals surface area (Å²) in [5.74, 6) is -0.556. The minimum atomic E-state index is -0.316. The Morgan fingerprint density at radius 2 is 1.82 bits per heavy atom. The first-order valence-electron chi connectivity index (χ1n) is 6.93. The second kappa shape index (κ2) is 7.88. The second-order valence-electron chi connectivity index (χ2n) is 4.90. The fourth-order valence-corrected chi connectivity index (χ4v) is 1.88. The number of carbonyl (C=O) groups is 1. The molecule has 0 aromatic heterocycles. The van der Waals surface area contributed by atoms with Crippen molar-refractivity contribution < 1.29 is 9.18 Å². The maximum atomic E-state index is 12.8. The molecular weight excluding hydrogens is 279 g/mol. The molecule has 0 saturated heterocycles. The Bertz CT molecular complexity index is 676. The van der Waals surface area contributed by atoms with Crippen LogP contribution in [-0.2, 0) is 11.2 Å². The van der Waals surface area contributed by atoms with E-state index in [4.69, 9.17) is 0 Å². The lowest BCUT2D eigenvalue weighted by Crippen LogP contribution is -2.19. The van der Waals surface area contributed by atoms with Crippen molar-refractivity contribution in [1.29, 1.82) is 0 Å². The number of benzene rings is 2. The highest BCUT2D eigenvalue weighted by Gasteiger charge is 2.01. The number of carbonyl (C=O) groups excluding carboxylic acids is 1. The number of allylic oxidation sites excluding steroid dienone is 1. The second-order valence-corrected chi connectivity index (χ2v) is 4.90. The van der Waals surface area contributed by atoms with Crippen LogP contribution in [0, 0.1) is 5.82 Å². The van der Waals surface area contributed by atoms with Crippen LogP contribution in [0.4, 0.5) is 4.39 Å². The summed E-state index contributed by atoms with van der Waals surface area (Å²) in [4.78, 5) is 11.7. The van der Waals surface area contributed by atoms with E-state index in [2.05, 4.69) is 10.5 Å². The lowest BCUT2D eigenvalue weighted by atomic mass is 10.1. The van der Waals surface area contributed by atoms with E-state index in [-0.39, 0.29) is 18.1 Å². The molecule has 0 radical (unpaired) electrons. The highest BCUT2D eigenvalue weighted by Crippen LogP contribution is 2.05. The fourth-order valence-electron chi connectivity index (χ4n) is 1.88. The number of rotatable bonds is 5. The van der Waals surface area contributed by atoms with E-state index in [0.717, 1.165) is 16.7 Å². The molecular formula is C18H17FN2O. The smallest absolute Gasteiger partial charge is 0.244 e. The molecule has 1 N–H and O–H groups in total. The Kier molecular flexibility index (Phi) is 5.60. The minimum absolute atomic E-state index is 0.166. The minimum Gasteiger partial charge on any atom is -0.273 e. The van der Waals surface area contributed by atoms with Crippen LogP contribution in [-0.4, -0.2) is 12.1 Å². The predicted octanol–water partition coefficient (Wildman–Crippen LogP) is 3.57. The van der Waals surface area contributed by atoms with E-state index in [9.17, 15) is 9.18 Å². The standard InChI is InChI=1S/C18H17FN2O/c1-14(11-15-5-3-2-4-6-15)13-20-21-18(22)12-16-7-9-17(19)10-8-16/h2-11,13H,12H2,1H3,(H,21,22)/b14-11+,20-13+. The first kappa shape index (κ1) is 15.6. The molecule has 0 fully saturated rings. The van der Waals surface area contributed by atoms with Crippen LogP contribution in [0.1, 0.15) is 18.1 Å². The van der Waals surface area contributed by atoms with Gasteiger partial charge in [0.25, 0.3) is 0 Å². The monoisotopic (exact) mass is 296 g/mol. The maximum Gasteiger partial charge on any atom is 0.244 e. The third-order valence-electron chi connectivity index (χ3n) is 2.93. The average Bonchev–Trinajstić information content (AvgIpc) is 2.50. The van der Waals surface area contributed by atoms with E-state index in [1.165, 1.54) is 12.1 Å². The van der Waals surface area contributed by atoms with E-state index in [0.29, 0.717) is 0 Å². The summed E-state index contributed by atoms with van der Waals surface area (Å²) in [6.45, 7) is 1.91. The van der Waals surface area contributed by atoms with Crippen LogP contribution in [0.3, 0.4) is 0 Å². The summed E-state index contributed by atoms with van der Waals surface area (Å²) in [6, 6.07) is 15.7. The van der Waals surface area contributed by atoms with Crippen LogP contribution in [0.5, 0.6) is 0 Å². The van der Waals surface area contributed by atoms with Gasteiger partial charge in [0, 0.05) is 0 Å².